The predicted molar refractivity (Wildman–Crippen MR) is 134 cm³/mol. The van der Waals surface area contributed by atoms with Gasteiger partial charge in [-0.25, -0.2) is 29.4 Å². The number of carbonyl (C=O) groups excluding carboxylic acids is 6. The molecule has 0 aromatic carbocycles. The zero-order chi connectivity index (χ0) is 26.4. The first-order valence-electron chi connectivity index (χ1n) is 13.3. The van der Waals surface area contributed by atoms with Crippen LogP contribution in [-0.2, 0) is 28.8 Å². The highest BCUT2D eigenvalue weighted by Gasteiger charge is 2.47. The van der Waals surface area contributed by atoms with Gasteiger partial charge < -0.3 is 0 Å². The highest BCUT2D eigenvalue weighted by molar-refractivity contribution is 6.23. The second-order valence-corrected chi connectivity index (χ2v) is 9.39. The zero-order valence-corrected chi connectivity index (χ0v) is 21.3. The van der Waals surface area contributed by atoms with Gasteiger partial charge in [0.1, 0.15) is 0 Å². The molecule has 0 saturated heterocycles. The van der Waals surface area contributed by atoms with Crippen LogP contribution in [0.4, 0.5) is 0 Å². The number of rotatable bonds is 21. The lowest BCUT2D eigenvalue weighted by Crippen LogP contribution is -2.48. The highest BCUT2D eigenvalue weighted by atomic mass is 16.2. The summed E-state index contributed by atoms with van der Waals surface area (Å²) in [5.74, 6) is -2.80. The van der Waals surface area contributed by atoms with Gasteiger partial charge in [-0.05, 0) is 38.5 Å². The maximum atomic E-state index is 13.2. The molecular formula is C27H39N3O6. The van der Waals surface area contributed by atoms with Gasteiger partial charge in [0, 0.05) is 0 Å². The first-order chi connectivity index (χ1) is 17.6. The fraction of sp³-hybridized carbons (Fsp3) is 0.778. The van der Waals surface area contributed by atoms with Crippen LogP contribution >= 0.6 is 0 Å². The van der Waals surface area contributed by atoms with Crippen molar-refractivity contribution in [2.75, 3.05) is 19.6 Å². The summed E-state index contributed by atoms with van der Waals surface area (Å²) in [6.07, 6.45) is 15.5. The van der Waals surface area contributed by atoms with Crippen LogP contribution in [0.1, 0.15) is 96.3 Å². The van der Waals surface area contributed by atoms with Crippen LogP contribution < -0.4 is 0 Å². The molecule has 9 heteroatoms. The van der Waals surface area contributed by atoms with Crippen molar-refractivity contribution in [2.24, 2.45) is 32.7 Å². The van der Waals surface area contributed by atoms with E-state index in [1.54, 1.807) is 0 Å². The third-order valence-electron chi connectivity index (χ3n) is 6.79. The lowest BCUT2D eigenvalue weighted by Gasteiger charge is -2.32. The van der Waals surface area contributed by atoms with Gasteiger partial charge in [0.15, 0.2) is 17.3 Å². The molecular weight excluding hydrogens is 462 g/mol. The van der Waals surface area contributed by atoms with Crippen LogP contribution in [0.2, 0.25) is 0 Å². The van der Waals surface area contributed by atoms with Gasteiger partial charge in [-0.1, -0.05) is 57.8 Å². The molecule has 0 bridgehead atoms. The summed E-state index contributed by atoms with van der Waals surface area (Å²) in [7, 11) is 0. The van der Waals surface area contributed by atoms with Crippen LogP contribution in [0.25, 0.3) is 0 Å². The van der Waals surface area contributed by atoms with Gasteiger partial charge in [0.2, 0.25) is 18.2 Å². The molecule has 0 spiro atoms. The number of hydrogen-bond donors (Lipinski definition) is 0. The van der Waals surface area contributed by atoms with E-state index in [1.165, 1.54) is 18.2 Å². The Kier molecular flexibility index (Phi) is 17.6. The van der Waals surface area contributed by atoms with Crippen LogP contribution in [0.3, 0.4) is 0 Å². The third kappa shape index (κ3) is 12.2. The third-order valence-corrected chi connectivity index (χ3v) is 6.79. The number of hydrogen-bond acceptors (Lipinski definition) is 9. The van der Waals surface area contributed by atoms with Crippen molar-refractivity contribution in [3.63, 3.8) is 0 Å². The molecule has 1 aliphatic carbocycles. The Labute approximate surface area is 213 Å². The molecule has 1 fully saturated rings. The van der Waals surface area contributed by atoms with Crippen LogP contribution in [-0.4, -0.2) is 55.2 Å². The van der Waals surface area contributed by atoms with E-state index in [9.17, 15) is 28.8 Å². The predicted octanol–water partition coefficient (Wildman–Crippen LogP) is 4.41. The van der Waals surface area contributed by atoms with Crippen molar-refractivity contribution in [1.29, 1.82) is 0 Å². The quantitative estimate of drug-likeness (QED) is 0.0987. The summed E-state index contributed by atoms with van der Waals surface area (Å²) in [4.78, 5) is 80.5. The maximum absolute atomic E-state index is 13.2. The van der Waals surface area contributed by atoms with Crippen molar-refractivity contribution in [2.45, 2.75) is 96.3 Å². The second-order valence-electron chi connectivity index (χ2n) is 9.39. The van der Waals surface area contributed by atoms with Crippen LogP contribution in [0.15, 0.2) is 15.0 Å². The summed E-state index contributed by atoms with van der Waals surface area (Å²) in [6.45, 7) is 1.31. The number of unbranched alkanes of at least 4 members (excludes halogenated alkanes) is 9. The fourth-order valence-electron chi connectivity index (χ4n) is 4.82. The van der Waals surface area contributed by atoms with E-state index in [0.717, 1.165) is 77.0 Å². The minimum absolute atomic E-state index is 0.218. The van der Waals surface area contributed by atoms with Crippen molar-refractivity contribution in [1.82, 2.24) is 0 Å². The maximum Gasteiger partial charge on any atom is 0.234 e. The summed E-state index contributed by atoms with van der Waals surface area (Å²) >= 11 is 0. The minimum Gasteiger partial charge on any atom is -0.298 e. The molecule has 198 valence electrons. The number of carbonyl (C=O) groups is 3. The molecule has 36 heavy (non-hydrogen) atoms. The number of aliphatic imine (C=N–C) groups is 3. The Morgan fingerprint density at radius 2 is 0.667 bits per heavy atom. The molecule has 0 aromatic rings. The topological polar surface area (TPSA) is 140 Å². The molecule has 0 radical (unpaired) electrons. The van der Waals surface area contributed by atoms with Gasteiger partial charge in [0.05, 0.1) is 37.4 Å². The van der Waals surface area contributed by atoms with Crippen LogP contribution in [0, 0.1) is 17.8 Å². The first-order valence-corrected chi connectivity index (χ1v) is 13.3. The molecule has 0 heterocycles. The van der Waals surface area contributed by atoms with Gasteiger partial charge in [0.25, 0.3) is 0 Å². The smallest absolute Gasteiger partial charge is 0.234 e. The minimum atomic E-state index is -0.713. The number of nitrogens with zero attached hydrogens (tertiary/aromatic N) is 3. The molecule has 1 rings (SSSR count). The number of isocyanates is 3. The molecule has 0 N–H and O–H groups in total. The zero-order valence-electron chi connectivity index (χ0n) is 21.3. The largest absolute Gasteiger partial charge is 0.298 e. The molecule has 9 nitrogen and oxygen atoms in total. The standard InChI is InChI=1S/C27H39N3O6/c31-19-28-16-10-4-1-7-13-22-25(34)23(14-8-2-5-11-17-29-20-32)27(36)24(26(22)35)15-9-3-6-12-18-30-21-33/h22-24H,1-18H2. The average molecular weight is 502 g/mol. The Morgan fingerprint density at radius 1 is 0.417 bits per heavy atom. The molecule has 1 saturated carbocycles. The van der Waals surface area contributed by atoms with Crippen molar-refractivity contribution in [3.05, 3.63) is 0 Å². The SMILES string of the molecule is O=C=NCCCCCCC1C(=O)C(CCCCCCN=C=O)C(=O)C(CCCCCCN=C=O)C1=O. The Bertz CT molecular complexity index is 711. The molecule has 0 aliphatic heterocycles. The summed E-state index contributed by atoms with van der Waals surface area (Å²) < 4.78 is 0. The van der Waals surface area contributed by atoms with Crippen molar-refractivity contribution >= 4 is 35.6 Å². The molecule has 0 amide bonds. The summed E-state index contributed by atoms with van der Waals surface area (Å²) in [6, 6.07) is 0. The van der Waals surface area contributed by atoms with Crippen molar-refractivity contribution < 1.29 is 28.8 Å². The Hall–Kier alpha value is -2.85. The number of ketones is 3. The first kappa shape index (κ1) is 31.2. The van der Waals surface area contributed by atoms with E-state index in [-0.39, 0.29) is 17.3 Å². The highest BCUT2D eigenvalue weighted by Crippen LogP contribution is 2.34. The summed E-state index contributed by atoms with van der Waals surface area (Å²) in [5.41, 5.74) is 0. The molecule has 0 atom stereocenters. The van der Waals surface area contributed by atoms with Gasteiger partial charge in [-0.15, -0.1) is 0 Å². The van der Waals surface area contributed by atoms with Gasteiger partial charge >= 0.3 is 0 Å². The van der Waals surface area contributed by atoms with Crippen LogP contribution in [0.5, 0.6) is 0 Å². The normalized spacial score (nSPS) is 19.3. The Balaban J connectivity index is 2.67. The molecule has 1 aliphatic rings. The monoisotopic (exact) mass is 501 g/mol. The Morgan fingerprint density at radius 3 is 0.917 bits per heavy atom. The van der Waals surface area contributed by atoms with E-state index in [1.807, 2.05) is 0 Å². The van der Waals surface area contributed by atoms with E-state index in [4.69, 9.17) is 0 Å². The van der Waals surface area contributed by atoms with Gasteiger partial charge in [-0.2, -0.15) is 0 Å². The van der Waals surface area contributed by atoms with Crippen molar-refractivity contribution in [3.8, 4) is 0 Å². The van der Waals surface area contributed by atoms with Gasteiger partial charge in [-0.3, -0.25) is 14.4 Å². The van der Waals surface area contributed by atoms with E-state index in [0.29, 0.717) is 38.9 Å². The molecule has 0 unspecified atom stereocenters. The lowest BCUT2D eigenvalue weighted by molar-refractivity contribution is -0.150. The van der Waals surface area contributed by atoms with E-state index in [2.05, 4.69) is 15.0 Å². The fourth-order valence-corrected chi connectivity index (χ4v) is 4.82. The second kappa shape index (κ2) is 20.4. The molecule has 0 aromatic heterocycles. The van der Waals surface area contributed by atoms with E-state index < -0.39 is 17.8 Å². The van der Waals surface area contributed by atoms with E-state index >= 15 is 0 Å². The average Bonchev–Trinajstić information content (AvgIpc) is 2.87. The number of Topliss-reactive ketones (excluding diaryl/α,β-unsaturated/α-hetero) is 3. The summed E-state index contributed by atoms with van der Waals surface area (Å²) in [5, 5.41) is 0. The lowest BCUT2D eigenvalue weighted by atomic mass is 9.68.